The molecule has 6 N–H and O–H groups in total. The molecule has 302 valence electrons. The largest absolute Gasteiger partial charge is 0.465 e. The summed E-state index contributed by atoms with van der Waals surface area (Å²) in [6.07, 6.45) is 0.442. The molecule has 14 heteroatoms. The fourth-order valence-corrected chi connectivity index (χ4v) is 8.66. The minimum Gasteiger partial charge on any atom is -0.465 e. The first-order valence-corrected chi connectivity index (χ1v) is 20.0. The fraction of sp³-hybridized carbons (Fsp3) is 0.217. The van der Waals surface area contributed by atoms with E-state index in [9.17, 15) is 29.4 Å². The SMILES string of the molecule is O=C(O)N[C@H](C(=O)N1CCC[C@H]1c1nc2ccc(-c3ccc(-c4ccc5nc([C@@H]6CCCN6C(=O)[C@@H](NC(=O)O)c6ccccc6)[nH]c5c4)cc3)cc2[nH]1)c1ccccc1. The number of nitrogens with zero attached hydrogens (tertiary/aromatic N) is 4. The lowest BCUT2D eigenvalue weighted by atomic mass is 10.00. The molecule has 0 aliphatic carbocycles. The van der Waals surface area contributed by atoms with E-state index in [0.717, 1.165) is 57.2 Å². The number of benzene rings is 5. The molecule has 0 radical (unpaired) electrons. The zero-order valence-corrected chi connectivity index (χ0v) is 32.4. The van der Waals surface area contributed by atoms with Gasteiger partial charge in [-0.15, -0.1) is 0 Å². The van der Waals surface area contributed by atoms with Gasteiger partial charge in [0.25, 0.3) is 11.8 Å². The molecule has 4 atom stereocenters. The van der Waals surface area contributed by atoms with Crippen molar-refractivity contribution < 1.29 is 29.4 Å². The predicted octanol–water partition coefficient (Wildman–Crippen LogP) is 8.12. The molecule has 4 amide bonds. The summed E-state index contributed by atoms with van der Waals surface area (Å²) in [5.74, 6) is 0.719. The highest BCUT2D eigenvalue weighted by molar-refractivity contribution is 5.89. The lowest BCUT2D eigenvalue weighted by Crippen LogP contribution is -2.42. The Kier molecular flexibility index (Phi) is 10.2. The van der Waals surface area contributed by atoms with Gasteiger partial charge in [-0.2, -0.15) is 0 Å². The Morgan fingerprint density at radius 3 is 1.32 bits per heavy atom. The second-order valence-electron chi connectivity index (χ2n) is 15.3. The molecule has 0 bridgehead atoms. The lowest BCUT2D eigenvalue weighted by Gasteiger charge is -2.28. The van der Waals surface area contributed by atoms with Crippen LogP contribution in [0.5, 0.6) is 0 Å². The van der Waals surface area contributed by atoms with Crippen molar-refractivity contribution >= 4 is 46.1 Å². The standard InChI is InChI=1S/C46H42N8O6/c55-43(39(51-45(57)58)29-9-3-1-4-10-29)53-23-7-13-37(53)41-47-33-21-19-31(25-35(33)49-41)27-15-17-28(18-16-27)32-20-22-34-36(26-32)50-42(48-34)38-14-8-24-54(38)44(56)40(52-46(59)60)30-11-5-2-6-12-30/h1-6,9-12,15-22,25-26,37-40,51-52H,7-8,13-14,23-24H2,(H,47,49)(H,48,50)(H,57,58)(H,59,60)/t37-,38-,39-,40-/m0/s1. The van der Waals surface area contributed by atoms with Crippen molar-refractivity contribution in [1.82, 2.24) is 40.4 Å². The third kappa shape index (κ3) is 7.50. The Morgan fingerprint density at radius 1 is 0.550 bits per heavy atom. The van der Waals surface area contributed by atoms with Gasteiger partial charge in [0.05, 0.1) is 34.2 Å². The molecular weight excluding hydrogens is 761 g/mol. The number of carbonyl (C=O) groups excluding carboxylic acids is 2. The van der Waals surface area contributed by atoms with Crippen molar-refractivity contribution in [2.24, 2.45) is 0 Å². The highest BCUT2D eigenvalue weighted by atomic mass is 16.4. The molecule has 2 aliphatic heterocycles. The molecule has 0 unspecified atom stereocenters. The fourth-order valence-electron chi connectivity index (χ4n) is 8.66. The van der Waals surface area contributed by atoms with E-state index in [4.69, 9.17) is 9.97 Å². The van der Waals surface area contributed by atoms with Gasteiger partial charge in [0.1, 0.15) is 23.7 Å². The van der Waals surface area contributed by atoms with Crippen molar-refractivity contribution in [2.45, 2.75) is 49.9 Å². The number of amides is 4. The lowest BCUT2D eigenvalue weighted by molar-refractivity contribution is -0.135. The van der Waals surface area contributed by atoms with Gasteiger partial charge in [-0.05, 0) is 83.3 Å². The van der Waals surface area contributed by atoms with Crippen LogP contribution in [0.3, 0.4) is 0 Å². The summed E-state index contributed by atoms with van der Waals surface area (Å²) in [4.78, 5) is 71.1. The van der Waals surface area contributed by atoms with Crippen molar-refractivity contribution in [3.63, 3.8) is 0 Å². The number of hydrogen-bond acceptors (Lipinski definition) is 6. The highest BCUT2D eigenvalue weighted by Crippen LogP contribution is 2.37. The van der Waals surface area contributed by atoms with Gasteiger partial charge in [0.2, 0.25) is 0 Å². The van der Waals surface area contributed by atoms with Gasteiger partial charge in [-0.3, -0.25) is 9.59 Å². The molecule has 2 aromatic heterocycles. The summed E-state index contributed by atoms with van der Waals surface area (Å²) in [5, 5.41) is 23.9. The first-order chi connectivity index (χ1) is 29.2. The second kappa shape index (κ2) is 16.0. The minimum atomic E-state index is -1.26. The first kappa shape index (κ1) is 38.1. The number of imidazole rings is 2. The number of nitrogens with one attached hydrogen (secondary N) is 4. The quantitative estimate of drug-likeness (QED) is 0.0797. The van der Waals surface area contributed by atoms with Crippen molar-refractivity contribution in [1.29, 1.82) is 0 Å². The zero-order valence-electron chi connectivity index (χ0n) is 32.4. The van der Waals surface area contributed by atoms with Crippen LogP contribution in [-0.2, 0) is 9.59 Å². The Bertz CT molecular complexity index is 2530. The van der Waals surface area contributed by atoms with E-state index in [1.807, 2.05) is 36.4 Å². The maximum absolute atomic E-state index is 13.8. The van der Waals surface area contributed by atoms with E-state index in [0.29, 0.717) is 48.7 Å². The zero-order chi connectivity index (χ0) is 41.3. The maximum atomic E-state index is 13.8. The Balaban J connectivity index is 0.913. The van der Waals surface area contributed by atoms with E-state index in [2.05, 4.69) is 57.0 Å². The van der Waals surface area contributed by atoms with Crippen LogP contribution in [0.1, 0.15) is 72.6 Å². The highest BCUT2D eigenvalue weighted by Gasteiger charge is 2.38. The summed E-state index contributed by atoms with van der Waals surface area (Å²) in [6, 6.07) is 35.5. The molecule has 2 aliphatic rings. The van der Waals surface area contributed by atoms with Crippen LogP contribution in [0.2, 0.25) is 0 Å². The van der Waals surface area contributed by atoms with Gasteiger partial charge in [0, 0.05) is 13.1 Å². The Morgan fingerprint density at radius 2 is 0.933 bits per heavy atom. The van der Waals surface area contributed by atoms with Gasteiger partial charge in [0.15, 0.2) is 0 Å². The average molecular weight is 803 g/mol. The number of aromatic amines is 2. The summed E-state index contributed by atoms with van der Waals surface area (Å²) < 4.78 is 0. The molecule has 7 aromatic rings. The number of carboxylic acid groups (broad SMARTS) is 2. The van der Waals surface area contributed by atoms with E-state index < -0.39 is 24.3 Å². The van der Waals surface area contributed by atoms with E-state index in [1.54, 1.807) is 58.3 Å². The van der Waals surface area contributed by atoms with Crippen LogP contribution < -0.4 is 10.6 Å². The van der Waals surface area contributed by atoms with Crippen molar-refractivity contribution in [2.75, 3.05) is 13.1 Å². The van der Waals surface area contributed by atoms with Crippen LogP contribution in [0, 0.1) is 0 Å². The summed E-state index contributed by atoms with van der Waals surface area (Å²) in [5.41, 5.74) is 8.42. The normalized spacial score (nSPS) is 17.5. The van der Waals surface area contributed by atoms with E-state index in [1.165, 1.54) is 0 Å². The van der Waals surface area contributed by atoms with Crippen LogP contribution in [0.25, 0.3) is 44.3 Å². The smallest absolute Gasteiger partial charge is 0.405 e. The molecule has 0 spiro atoms. The van der Waals surface area contributed by atoms with Gasteiger partial charge >= 0.3 is 12.2 Å². The number of aromatic nitrogens is 4. The van der Waals surface area contributed by atoms with E-state index >= 15 is 0 Å². The van der Waals surface area contributed by atoms with Crippen LogP contribution in [-0.4, -0.2) is 77.0 Å². The van der Waals surface area contributed by atoms with Crippen LogP contribution >= 0.6 is 0 Å². The average Bonchev–Trinajstić information content (AvgIpc) is 4.10. The molecular formula is C46H42N8O6. The van der Waals surface area contributed by atoms with Crippen molar-refractivity contribution in [3.05, 3.63) is 144 Å². The third-order valence-electron chi connectivity index (χ3n) is 11.6. The molecule has 2 fully saturated rings. The minimum absolute atomic E-state index is 0.309. The molecule has 14 nitrogen and oxygen atoms in total. The molecule has 5 aromatic carbocycles. The van der Waals surface area contributed by atoms with Crippen LogP contribution in [0.15, 0.2) is 121 Å². The second-order valence-corrected chi connectivity index (χ2v) is 15.3. The predicted molar refractivity (Wildman–Crippen MR) is 225 cm³/mol. The van der Waals surface area contributed by atoms with Gasteiger partial charge < -0.3 is 40.6 Å². The van der Waals surface area contributed by atoms with Crippen LogP contribution in [0.4, 0.5) is 9.59 Å². The topological polar surface area (TPSA) is 197 Å². The number of carbonyl (C=O) groups is 4. The number of H-pyrrole nitrogens is 2. The van der Waals surface area contributed by atoms with Gasteiger partial charge in [-0.1, -0.05) is 97.1 Å². The molecule has 2 saturated heterocycles. The van der Waals surface area contributed by atoms with E-state index in [-0.39, 0.29) is 23.9 Å². The molecule has 4 heterocycles. The number of fused-ring (bicyclic) bond motifs is 2. The molecule has 9 rings (SSSR count). The monoisotopic (exact) mass is 802 g/mol. The third-order valence-corrected chi connectivity index (χ3v) is 11.6. The number of likely N-dealkylation sites (tertiary alicyclic amines) is 2. The Labute approximate surface area is 344 Å². The number of hydrogen-bond donors (Lipinski definition) is 6. The van der Waals surface area contributed by atoms with Gasteiger partial charge in [-0.25, -0.2) is 19.6 Å². The van der Waals surface area contributed by atoms with Crippen molar-refractivity contribution in [3.8, 4) is 22.3 Å². The summed E-state index contributed by atoms with van der Waals surface area (Å²) in [6.45, 7) is 1.00. The molecule has 0 saturated carbocycles. The first-order valence-electron chi connectivity index (χ1n) is 20.0. The maximum Gasteiger partial charge on any atom is 0.405 e. The Hall–Kier alpha value is -7.48. The molecule has 60 heavy (non-hydrogen) atoms. The number of rotatable bonds is 10. The summed E-state index contributed by atoms with van der Waals surface area (Å²) >= 11 is 0. The summed E-state index contributed by atoms with van der Waals surface area (Å²) in [7, 11) is 0.